The number of aromatic carboxylic acids is 1. The number of unbranched alkanes of at least 4 members (excludes halogenated alkanes) is 1. The van der Waals surface area contributed by atoms with Crippen LogP contribution in [-0.2, 0) is 0 Å². The predicted octanol–water partition coefficient (Wildman–Crippen LogP) is 2.77. The van der Waals surface area contributed by atoms with Gasteiger partial charge in [-0.05, 0) is 19.4 Å². The SMILES string of the molecule is CCCCC(C)Nc1cnccc1C(=O)O. The summed E-state index contributed by atoms with van der Waals surface area (Å²) in [5, 5.41) is 12.2. The highest BCUT2D eigenvalue weighted by Crippen LogP contribution is 2.16. The van der Waals surface area contributed by atoms with Gasteiger partial charge in [0.05, 0.1) is 17.4 Å². The first-order chi connectivity index (χ1) is 7.65. The number of carboxylic acid groups (broad SMARTS) is 1. The average molecular weight is 222 g/mol. The minimum atomic E-state index is -0.924. The molecule has 0 bridgehead atoms. The number of rotatable bonds is 6. The molecule has 88 valence electrons. The van der Waals surface area contributed by atoms with Crippen molar-refractivity contribution in [1.82, 2.24) is 4.98 Å². The molecule has 4 heteroatoms. The Bertz CT molecular complexity index is 353. The molecule has 1 rings (SSSR count). The fourth-order valence-electron chi connectivity index (χ4n) is 1.54. The van der Waals surface area contributed by atoms with E-state index in [-0.39, 0.29) is 11.6 Å². The van der Waals surface area contributed by atoms with Gasteiger partial charge in [-0.2, -0.15) is 0 Å². The summed E-state index contributed by atoms with van der Waals surface area (Å²) in [5.41, 5.74) is 0.872. The van der Waals surface area contributed by atoms with Gasteiger partial charge in [0.1, 0.15) is 0 Å². The lowest BCUT2D eigenvalue weighted by atomic mass is 10.1. The van der Waals surface area contributed by atoms with Gasteiger partial charge in [0, 0.05) is 12.2 Å². The Morgan fingerprint density at radius 1 is 1.62 bits per heavy atom. The summed E-state index contributed by atoms with van der Waals surface area (Å²) in [7, 11) is 0. The number of aromatic nitrogens is 1. The summed E-state index contributed by atoms with van der Waals surface area (Å²) in [6, 6.07) is 1.78. The van der Waals surface area contributed by atoms with E-state index in [1.54, 1.807) is 6.20 Å². The molecular weight excluding hydrogens is 204 g/mol. The number of hydrogen-bond donors (Lipinski definition) is 2. The largest absolute Gasteiger partial charge is 0.478 e. The van der Waals surface area contributed by atoms with E-state index in [4.69, 9.17) is 5.11 Å². The zero-order valence-corrected chi connectivity index (χ0v) is 9.73. The highest BCUT2D eigenvalue weighted by atomic mass is 16.4. The second-order valence-corrected chi connectivity index (χ2v) is 3.91. The van der Waals surface area contributed by atoms with Crippen LogP contribution < -0.4 is 5.32 Å². The molecule has 1 heterocycles. The molecular formula is C12H18N2O2. The van der Waals surface area contributed by atoms with Crippen LogP contribution in [0.2, 0.25) is 0 Å². The van der Waals surface area contributed by atoms with Crippen LogP contribution in [0.4, 0.5) is 5.69 Å². The van der Waals surface area contributed by atoms with Gasteiger partial charge in [-0.3, -0.25) is 4.98 Å². The number of pyridine rings is 1. The lowest BCUT2D eigenvalue weighted by Crippen LogP contribution is -2.17. The lowest BCUT2D eigenvalue weighted by Gasteiger charge is -2.15. The zero-order chi connectivity index (χ0) is 12.0. The van der Waals surface area contributed by atoms with E-state index in [1.807, 2.05) is 6.92 Å². The number of carbonyl (C=O) groups is 1. The van der Waals surface area contributed by atoms with Crippen LogP contribution in [0.1, 0.15) is 43.5 Å². The third-order valence-electron chi connectivity index (χ3n) is 2.44. The molecule has 0 spiro atoms. The quantitative estimate of drug-likeness (QED) is 0.777. The molecule has 16 heavy (non-hydrogen) atoms. The van der Waals surface area contributed by atoms with Gasteiger partial charge in [0.15, 0.2) is 0 Å². The summed E-state index contributed by atoms with van der Waals surface area (Å²) in [5.74, 6) is -0.924. The summed E-state index contributed by atoms with van der Waals surface area (Å²) in [6.07, 6.45) is 6.36. The van der Waals surface area contributed by atoms with Crippen LogP contribution >= 0.6 is 0 Å². The van der Waals surface area contributed by atoms with Gasteiger partial charge < -0.3 is 10.4 Å². The van der Waals surface area contributed by atoms with Crippen molar-refractivity contribution in [2.45, 2.75) is 39.2 Å². The predicted molar refractivity (Wildman–Crippen MR) is 63.8 cm³/mol. The highest BCUT2D eigenvalue weighted by Gasteiger charge is 2.11. The molecule has 1 aromatic heterocycles. The highest BCUT2D eigenvalue weighted by molar-refractivity contribution is 5.93. The van der Waals surface area contributed by atoms with E-state index in [9.17, 15) is 4.79 Å². The molecule has 0 aromatic carbocycles. The van der Waals surface area contributed by atoms with Crippen molar-refractivity contribution in [2.75, 3.05) is 5.32 Å². The van der Waals surface area contributed by atoms with Gasteiger partial charge in [0.25, 0.3) is 0 Å². The Hall–Kier alpha value is -1.58. The number of nitrogens with zero attached hydrogens (tertiary/aromatic N) is 1. The maximum Gasteiger partial charge on any atom is 0.337 e. The topological polar surface area (TPSA) is 62.2 Å². The van der Waals surface area contributed by atoms with Crippen molar-refractivity contribution in [3.8, 4) is 0 Å². The average Bonchev–Trinajstić information content (AvgIpc) is 2.27. The van der Waals surface area contributed by atoms with Crippen molar-refractivity contribution in [3.63, 3.8) is 0 Å². The molecule has 0 saturated carbocycles. The first-order valence-electron chi connectivity index (χ1n) is 5.59. The molecule has 0 aliphatic rings. The Morgan fingerprint density at radius 2 is 2.38 bits per heavy atom. The van der Waals surface area contributed by atoms with Crippen LogP contribution in [0.3, 0.4) is 0 Å². The molecule has 0 aliphatic carbocycles. The second-order valence-electron chi connectivity index (χ2n) is 3.91. The number of nitrogens with one attached hydrogen (secondary N) is 1. The van der Waals surface area contributed by atoms with Crippen LogP contribution in [0.15, 0.2) is 18.5 Å². The lowest BCUT2D eigenvalue weighted by molar-refractivity contribution is 0.0698. The van der Waals surface area contributed by atoms with E-state index >= 15 is 0 Å². The monoisotopic (exact) mass is 222 g/mol. The van der Waals surface area contributed by atoms with E-state index in [1.165, 1.54) is 12.3 Å². The summed E-state index contributed by atoms with van der Waals surface area (Å²) < 4.78 is 0. The van der Waals surface area contributed by atoms with Crippen LogP contribution in [-0.4, -0.2) is 22.1 Å². The van der Waals surface area contributed by atoms with Crippen molar-refractivity contribution < 1.29 is 9.90 Å². The molecule has 2 N–H and O–H groups in total. The summed E-state index contributed by atoms with van der Waals surface area (Å²) in [6.45, 7) is 4.19. The van der Waals surface area contributed by atoms with Crippen LogP contribution in [0, 0.1) is 0 Å². The number of hydrogen-bond acceptors (Lipinski definition) is 3. The maximum atomic E-state index is 10.9. The minimum Gasteiger partial charge on any atom is -0.478 e. The Morgan fingerprint density at radius 3 is 3.00 bits per heavy atom. The Balaban J connectivity index is 2.69. The smallest absolute Gasteiger partial charge is 0.337 e. The molecule has 0 amide bonds. The standard InChI is InChI=1S/C12H18N2O2/c1-3-4-5-9(2)14-11-8-13-7-6-10(11)12(15)16/h6-9,14H,3-5H2,1-2H3,(H,15,16). The van der Waals surface area contributed by atoms with Gasteiger partial charge >= 0.3 is 5.97 Å². The first kappa shape index (κ1) is 12.5. The fraction of sp³-hybridized carbons (Fsp3) is 0.500. The van der Waals surface area contributed by atoms with Gasteiger partial charge in [-0.25, -0.2) is 4.79 Å². The van der Waals surface area contributed by atoms with Crippen molar-refractivity contribution in [3.05, 3.63) is 24.0 Å². The summed E-state index contributed by atoms with van der Waals surface area (Å²) >= 11 is 0. The molecule has 1 unspecified atom stereocenters. The molecule has 1 aromatic rings. The number of anilines is 1. The third-order valence-corrected chi connectivity index (χ3v) is 2.44. The van der Waals surface area contributed by atoms with Crippen LogP contribution in [0.25, 0.3) is 0 Å². The molecule has 1 atom stereocenters. The van der Waals surface area contributed by atoms with Gasteiger partial charge in [-0.15, -0.1) is 0 Å². The molecule has 4 nitrogen and oxygen atoms in total. The van der Waals surface area contributed by atoms with E-state index in [2.05, 4.69) is 17.2 Å². The van der Waals surface area contributed by atoms with E-state index in [0.29, 0.717) is 5.69 Å². The molecule has 0 aliphatic heterocycles. The maximum absolute atomic E-state index is 10.9. The van der Waals surface area contributed by atoms with E-state index in [0.717, 1.165) is 19.3 Å². The van der Waals surface area contributed by atoms with Crippen molar-refractivity contribution >= 4 is 11.7 Å². The Kier molecular flexibility index (Phi) is 4.76. The van der Waals surface area contributed by atoms with E-state index < -0.39 is 5.97 Å². The fourth-order valence-corrected chi connectivity index (χ4v) is 1.54. The van der Waals surface area contributed by atoms with Gasteiger partial charge in [-0.1, -0.05) is 19.8 Å². The second kappa shape index (κ2) is 6.10. The summed E-state index contributed by atoms with van der Waals surface area (Å²) in [4.78, 5) is 14.9. The van der Waals surface area contributed by atoms with Gasteiger partial charge in [0.2, 0.25) is 0 Å². The molecule has 0 radical (unpaired) electrons. The number of carboxylic acids is 1. The third kappa shape index (κ3) is 3.53. The normalized spacial score (nSPS) is 12.1. The van der Waals surface area contributed by atoms with Crippen LogP contribution in [0.5, 0.6) is 0 Å². The molecule has 0 fully saturated rings. The van der Waals surface area contributed by atoms with Crippen molar-refractivity contribution in [2.24, 2.45) is 0 Å². The Labute approximate surface area is 95.7 Å². The minimum absolute atomic E-state index is 0.266. The first-order valence-corrected chi connectivity index (χ1v) is 5.59. The molecule has 0 saturated heterocycles. The van der Waals surface area contributed by atoms with Crippen molar-refractivity contribution in [1.29, 1.82) is 0 Å². The zero-order valence-electron chi connectivity index (χ0n) is 9.73.